The summed E-state index contributed by atoms with van der Waals surface area (Å²) in [5.41, 5.74) is 2.26. The lowest BCUT2D eigenvalue weighted by Crippen LogP contribution is -2.31. The van der Waals surface area contributed by atoms with Crippen molar-refractivity contribution >= 4 is 29.2 Å². The second kappa shape index (κ2) is 6.54. The van der Waals surface area contributed by atoms with Gasteiger partial charge in [0.05, 0.1) is 0 Å². The van der Waals surface area contributed by atoms with Crippen molar-refractivity contribution in [2.75, 3.05) is 16.8 Å². The van der Waals surface area contributed by atoms with Crippen LogP contribution in [-0.4, -0.2) is 29.4 Å². The van der Waals surface area contributed by atoms with Crippen molar-refractivity contribution in [3.05, 3.63) is 59.7 Å². The van der Waals surface area contributed by atoms with Crippen molar-refractivity contribution in [1.82, 2.24) is 0 Å². The largest absolute Gasteiger partial charge is 0.481 e. The third kappa shape index (κ3) is 3.18. The monoisotopic (exact) mass is 364 g/mol. The van der Waals surface area contributed by atoms with Crippen LogP contribution in [0.3, 0.4) is 0 Å². The molecule has 0 spiro atoms. The van der Waals surface area contributed by atoms with Crippen LogP contribution in [0, 0.1) is 11.8 Å². The van der Waals surface area contributed by atoms with Crippen molar-refractivity contribution < 1.29 is 19.5 Å². The van der Waals surface area contributed by atoms with Crippen LogP contribution in [0.25, 0.3) is 0 Å². The van der Waals surface area contributed by atoms with Gasteiger partial charge < -0.3 is 15.3 Å². The number of rotatable bonds is 4. The summed E-state index contributed by atoms with van der Waals surface area (Å²) in [6.45, 7) is 2.14. The molecule has 1 fully saturated rings. The molecule has 3 unspecified atom stereocenters. The van der Waals surface area contributed by atoms with Gasteiger partial charge >= 0.3 is 5.97 Å². The van der Waals surface area contributed by atoms with Crippen LogP contribution in [-0.2, 0) is 9.59 Å². The Balaban J connectivity index is 1.57. The minimum Gasteiger partial charge on any atom is -0.481 e. The van der Waals surface area contributed by atoms with Gasteiger partial charge in [0, 0.05) is 29.4 Å². The zero-order valence-corrected chi connectivity index (χ0v) is 14.9. The van der Waals surface area contributed by atoms with Crippen LogP contribution in [0.4, 0.5) is 11.4 Å². The fraction of sp³-hybridized carbons (Fsp3) is 0.286. The molecular weight excluding hydrogens is 344 g/mol. The fourth-order valence-corrected chi connectivity index (χ4v) is 3.62. The first kappa shape index (κ1) is 17.3. The van der Waals surface area contributed by atoms with Gasteiger partial charge in [0.1, 0.15) is 5.92 Å². The Morgan fingerprint density at radius 2 is 1.85 bits per heavy atom. The van der Waals surface area contributed by atoms with Gasteiger partial charge in [0.2, 0.25) is 5.91 Å². The Kier molecular flexibility index (Phi) is 4.18. The Bertz CT molecular complexity index is 939. The predicted octanol–water partition coefficient (Wildman–Crippen LogP) is 3.11. The van der Waals surface area contributed by atoms with Crippen molar-refractivity contribution in [3.63, 3.8) is 0 Å². The molecule has 1 aliphatic carbocycles. The molecule has 1 saturated carbocycles. The minimum atomic E-state index is -0.947. The van der Waals surface area contributed by atoms with Gasteiger partial charge in [-0.1, -0.05) is 31.2 Å². The summed E-state index contributed by atoms with van der Waals surface area (Å²) in [5, 5.41) is 12.3. The smallest absolute Gasteiger partial charge is 0.312 e. The van der Waals surface area contributed by atoms with Crippen LogP contribution >= 0.6 is 0 Å². The molecule has 2 aromatic carbocycles. The molecule has 0 bridgehead atoms. The van der Waals surface area contributed by atoms with Gasteiger partial charge in [-0.25, -0.2) is 0 Å². The molecule has 0 saturated heterocycles. The lowest BCUT2D eigenvalue weighted by atomic mass is 10.0. The van der Waals surface area contributed by atoms with Crippen LogP contribution < -0.4 is 10.2 Å². The van der Waals surface area contributed by atoms with Crippen LogP contribution in [0.15, 0.2) is 48.5 Å². The van der Waals surface area contributed by atoms with Crippen molar-refractivity contribution in [2.24, 2.45) is 11.8 Å². The number of anilines is 2. The molecule has 0 aromatic heterocycles. The molecule has 138 valence electrons. The molecule has 3 atom stereocenters. The fourth-order valence-electron chi connectivity index (χ4n) is 3.62. The maximum Gasteiger partial charge on any atom is 0.312 e. The second-order valence-corrected chi connectivity index (χ2v) is 7.25. The molecule has 4 rings (SSSR count). The Morgan fingerprint density at radius 1 is 1.11 bits per heavy atom. The number of fused-ring (bicyclic) bond motifs is 1. The maximum absolute atomic E-state index is 13.0. The average molecular weight is 364 g/mol. The predicted molar refractivity (Wildman–Crippen MR) is 101 cm³/mol. The van der Waals surface area contributed by atoms with Crippen molar-refractivity contribution in [2.45, 2.75) is 19.3 Å². The standard InChI is InChI=1S/C21H20N2O4/c1-12-9-16(12)19(24)22-14-6-4-5-13(10-14)20(25)23-11-17(21(26)27)15-7-2-3-8-18(15)23/h2-8,10,12,16-17H,9,11H2,1H3,(H,22,24)(H,26,27). The van der Waals surface area contributed by atoms with E-state index >= 15 is 0 Å². The van der Waals surface area contributed by atoms with Crippen molar-refractivity contribution in [3.8, 4) is 0 Å². The first-order chi connectivity index (χ1) is 13.0. The van der Waals surface area contributed by atoms with Crippen LogP contribution in [0.5, 0.6) is 0 Å². The number of carboxylic acid groups (broad SMARTS) is 1. The molecule has 1 heterocycles. The minimum absolute atomic E-state index is 0.0236. The molecule has 0 radical (unpaired) electrons. The van der Waals surface area contributed by atoms with Crippen LogP contribution in [0.2, 0.25) is 0 Å². The summed E-state index contributed by atoms with van der Waals surface area (Å²) < 4.78 is 0. The zero-order chi connectivity index (χ0) is 19.1. The van der Waals surface area contributed by atoms with E-state index in [9.17, 15) is 19.5 Å². The molecular formula is C21H20N2O4. The number of hydrogen-bond donors (Lipinski definition) is 2. The number of carbonyl (C=O) groups is 3. The quantitative estimate of drug-likeness (QED) is 0.873. The number of hydrogen-bond acceptors (Lipinski definition) is 3. The Hall–Kier alpha value is -3.15. The lowest BCUT2D eigenvalue weighted by Gasteiger charge is -2.18. The molecule has 27 heavy (non-hydrogen) atoms. The summed E-state index contributed by atoms with van der Waals surface area (Å²) in [7, 11) is 0. The molecule has 6 nitrogen and oxygen atoms in total. The summed E-state index contributed by atoms with van der Waals surface area (Å²) in [4.78, 5) is 38.2. The van der Waals surface area contributed by atoms with Gasteiger partial charge in [-0.2, -0.15) is 0 Å². The maximum atomic E-state index is 13.0. The van der Waals surface area contributed by atoms with Gasteiger partial charge in [-0.05, 0) is 42.2 Å². The summed E-state index contributed by atoms with van der Waals surface area (Å²) >= 11 is 0. The van der Waals surface area contributed by atoms with Crippen LogP contribution in [0.1, 0.15) is 35.2 Å². The number of amides is 2. The average Bonchev–Trinajstić information content (AvgIpc) is 3.26. The molecule has 2 aliphatic rings. The highest BCUT2D eigenvalue weighted by Gasteiger charge is 2.39. The molecule has 1 aliphatic heterocycles. The van der Waals surface area contributed by atoms with Gasteiger partial charge in [0.15, 0.2) is 0 Å². The van der Waals surface area contributed by atoms with Gasteiger partial charge in [0.25, 0.3) is 5.91 Å². The highest BCUT2D eigenvalue weighted by molar-refractivity contribution is 6.09. The summed E-state index contributed by atoms with van der Waals surface area (Å²) in [6.07, 6.45) is 0.894. The highest BCUT2D eigenvalue weighted by Crippen LogP contribution is 2.39. The number of para-hydroxylation sites is 1. The number of nitrogens with zero attached hydrogens (tertiary/aromatic N) is 1. The first-order valence-electron chi connectivity index (χ1n) is 9.00. The van der Waals surface area contributed by atoms with E-state index in [0.717, 1.165) is 6.42 Å². The van der Waals surface area contributed by atoms with Gasteiger partial charge in [-0.15, -0.1) is 0 Å². The second-order valence-electron chi connectivity index (χ2n) is 7.25. The third-order valence-corrected chi connectivity index (χ3v) is 5.33. The molecule has 2 amide bonds. The highest BCUT2D eigenvalue weighted by atomic mass is 16.4. The Labute approximate surface area is 156 Å². The van der Waals surface area contributed by atoms with E-state index in [4.69, 9.17) is 0 Å². The van der Waals surface area contributed by atoms with Gasteiger partial charge in [-0.3, -0.25) is 14.4 Å². The van der Waals surface area contributed by atoms with E-state index < -0.39 is 11.9 Å². The third-order valence-electron chi connectivity index (χ3n) is 5.33. The van der Waals surface area contributed by atoms with Crippen molar-refractivity contribution in [1.29, 1.82) is 0 Å². The first-order valence-corrected chi connectivity index (χ1v) is 9.00. The van der Waals surface area contributed by atoms with E-state index in [-0.39, 0.29) is 24.3 Å². The normalized spacial score (nSPS) is 22.9. The van der Waals surface area contributed by atoms with E-state index in [2.05, 4.69) is 5.32 Å². The lowest BCUT2D eigenvalue weighted by molar-refractivity contribution is -0.138. The van der Waals surface area contributed by atoms with E-state index in [1.54, 1.807) is 48.5 Å². The zero-order valence-electron chi connectivity index (χ0n) is 14.9. The summed E-state index contributed by atoms with van der Waals surface area (Å²) in [6, 6.07) is 13.9. The number of carboxylic acids is 1. The molecule has 2 aromatic rings. The van der Waals surface area contributed by atoms with E-state index in [1.807, 2.05) is 6.92 Å². The number of benzene rings is 2. The number of aliphatic carboxylic acids is 1. The molecule has 2 N–H and O–H groups in total. The van der Waals surface area contributed by atoms with E-state index in [0.29, 0.717) is 28.4 Å². The number of nitrogens with one attached hydrogen (secondary N) is 1. The SMILES string of the molecule is CC1CC1C(=O)Nc1cccc(C(=O)N2CC(C(=O)O)c3ccccc32)c1. The molecule has 6 heteroatoms. The number of carbonyl (C=O) groups excluding carboxylic acids is 2. The topological polar surface area (TPSA) is 86.7 Å². The summed E-state index contributed by atoms with van der Waals surface area (Å²) in [5.74, 6) is -1.52. The Morgan fingerprint density at radius 3 is 2.56 bits per heavy atom. The van der Waals surface area contributed by atoms with E-state index in [1.165, 1.54) is 4.90 Å².